The summed E-state index contributed by atoms with van der Waals surface area (Å²) in [4.78, 5) is 16.1. The number of hydrogen-bond donors (Lipinski definition) is 2. The third-order valence-electron chi connectivity index (χ3n) is 5.65. The number of nitrogens with one attached hydrogen (secondary N) is 2. The maximum atomic E-state index is 13.2. The topological polar surface area (TPSA) is 47.6 Å². The van der Waals surface area contributed by atoms with Crippen LogP contribution in [-0.4, -0.2) is 74.4 Å². The summed E-state index contributed by atoms with van der Waals surface area (Å²) < 4.78 is 39.7. The van der Waals surface area contributed by atoms with E-state index >= 15 is 0 Å². The van der Waals surface area contributed by atoms with Gasteiger partial charge in [0.25, 0.3) is 0 Å². The second-order valence-corrected chi connectivity index (χ2v) is 6.72. The molecular weight excluding hydrogens is 297 g/mol. The van der Waals surface area contributed by atoms with E-state index in [9.17, 15) is 18.0 Å². The first-order valence-corrected chi connectivity index (χ1v) is 7.86. The fourth-order valence-electron chi connectivity index (χ4n) is 3.95. The van der Waals surface area contributed by atoms with Crippen LogP contribution in [-0.2, 0) is 0 Å². The van der Waals surface area contributed by atoms with Gasteiger partial charge in [-0.3, -0.25) is 0 Å². The Labute approximate surface area is 128 Å². The molecule has 8 heteroatoms. The monoisotopic (exact) mass is 320 g/mol. The Kier molecular flexibility index (Phi) is 3.79. The van der Waals surface area contributed by atoms with Gasteiger partial charge in [-0.2, -0.15) is 13.2 Å². The number of amides is 2. The van der Waals surface area contributed by atoms with Crippen molar-refractivity contribution in [3.8, 4) is 0 Å². The molecule has 1 aliphatic carbocycles. The maximum Gasteiger partial charge on any atom is 0.396 e. The van der Waals surface area contributed by atoms with Crippen molar-refractivity contribution >= 4 is 6.03 Å². The molecule has 5 nitrogen and oxygen atoms in total. The number of alkyl halides is 3. The molecule has 3 aliphatic rings. The van der Waals surface area contributed by atoms with Gasteiger partial charge >= 0.3 is 12.2 Å². The number of nitrogens with zero attached hydrogens (tertiary/aromatic N) is 2. The molecule has 2 amide bonds. The highest BCUT2D eigenvalue weighted by atomic mass is 19.4. The van der Waals surface area contributed by atoms with E-state index < -0.39 is 17.0 Å². The first-order chi connectivity index (χ1) is 10.3. The Hall–Kier alpha value is -1.02. The minimum absolute atomic E-state index is 0.0262. The first kappa shape index (κ1) is 15.9. The van der Waals surface area contributed by atoms with Gasteiger partial charge in [0.2, 0.25) is 0 Å². The average Bonchev–Trinajstić information content (AvgIpc) is 3.02. The number of piperazine rings is 1. The molecular formula is C14H23F3N4O. The van der Waals surface area contributed by atoms with Crippen LogP contribution in [0.1, 0.15) is 13.3 Å². The van der Waals surface area contributed by atoms with Crippen molar-refractivity contribution in [1.29, 1.82) is 0 Å². The van der Waals surface area contributed by atoms with Crippen LogP contribution >= 0.6 is 0 Å². The molecule has 2 heterocycles. The van der Waals surface area contributed by atoms with E-state index in [1.807, 2.05) is 0 Å². The number of carbonyl (C=O) groups is 1. The molecule has 22 heavy (non-hydrogen) atoms. The standard InChI is InChI=1S/C14H23F3N4O/c1-2-20-3-5-21(6-4-20)11(22)19-9-12-7-13(12,10-18-8-12)14(15,16)17/h18H,2-10H2,1H3,(H,19,22)/t12-,13-/m1/s1. The molecule has 3 fully saturated rings. The van der Waals surface area contributed by atoms with Crippen molar-refractivity contribution in [2.45, 2.75) is 19.5 Å². The number of urea groups is 1. The SMILES string of the molecule is CCN1CCN(C(=O)NC[C@@]23CNC[C@]2(C(F)(F)F)C3)CC1. The molecule has 3 rings (SSSR count). The van der Waals surface area contributed by atoms with E-state index in [0.29, 0.717) is 19.6 Å². The summed E-state index contributed by atoms with van der Waals surface area (Å²) in [7, 11) is 0. The first-order valence-electron chi connectivity index (χ1n) is 7.86. The van der Waals surface area contributed by atoms with E-state index in [0.717, 1.165) is 19.6 Å². The highest BCUT2D eigenvalue weighted by molar-refractivity contribution is 5.74. The van der Waals surface area contributed by atoms with Gasteiger partial charge < -0.3 is 20.4 Å². The molecule has 2 N–H and O–H groups in total. The molecule has 0 radical (unpaired) electrons. The van der Waals surface area contributed by atoms with Crippen molar-refractivity contribution in [2.75, 3.05) is 52.4 Å². The van der Waals surface area contributed by atoms with E-state index in [1.54, 1.807) is 4.90 Å². The smallest absolute Gasteiger partial charge is 0.337 e. The van der Waals surface area contributed by atoms with Crippen molar-refractivity contribution in [3.05, 3.63) is 0 Å². The van der Waals surface area contributed by atoms with Crippen LogP contribution in [0.5, 0.6) is 0 Å². The zero-order chi connectivity index (χ0) is 16.0. The van der Waals surface area contributed by atoms with Crippen LogP contribution in [0.4, 0.5) is 18.0 Å². The molecule has 2 aliphatic heterocycles. The molecule has 0 aromatic carbocycles. The van der Waals surface area contributed by atoms with Crippen molar-refractivity contribution in [1.82, 2.24) is 20.4 Å². The normalized spacial score (nSPS) is 35.4. The van der Waals surface area contributed by atoms with E-state index in [4.69, 9.17) is 0 Å². The van der Waals surface area contributed by atoms with Crippen LogP contribution < -0.4 is 10.6 Å². The number of hydrogen-bond acceptors (Lipinski definition) is 3. The Morgan fingerprint density at radius 3 is 2.45 bits per heavy atom. The lowest BCUT2D eigenvalue weighted by Crippen LogP contribution is -2.52. The lowest BCUT2D eigenvalue weighted by Gasteiger charge is -2.34. The van der Waals surface area contributed by atoms with Crippen LogP contribution in [0.15, 0.2) is 0 Å². The van der Waals surface area contributed by atoms with Crippen molar-refractivity contribution in [3.63, 3.8) is 0 Å². The van der Waals surface area contributed by atoms with Crippen LogP contribution in [0.3, 0.4) is 0 Å². The molecule has 0 unspecified atom stereocenters. The Morgan fingerprint density at radius 2 is 1.91 bits per heavy atom. The average molecular weight is 320 g/mol. The van der Waals surface area contributed by atoms with Gasteiger partial charge in [-0.1, -0.05) is 6.92 Å². The molecule has 0 aromatic heterocycles. The lowest BCUT2D eigenvalue weighted by molar-refractivity contribution is -0.190. The summed E-state index contributed by atoms with van der Waals surface area (Å²) in [6, 6.07) is -0.236. The molecule has 2 atom stereocenters. The predicted molar refractivity (Wildman–Crippen MR) is 75.5 cm³/mol. The minimum Gasteiger partial charge on any atom is -0.337 e. The number of piperidine rings is 1. The summed E-state index contributed by atoms with van der Waals surface area (Å²) >= 11 is 0. The number of rotatable bonds is 3. The summed E-state index contributed by atoms with van der Waals surface area (Å²) in [5.74, 6) is 0. The fraction of sp³-hybridized carbons (Fsp3) is 0.929. The highest BCUT2D eigenvalue weighted by Crippen LogP contribution is 2.72. The third-order valence-corrected chi connectivity index (χ3v) is 5.65. The molecule has 1 saturated carbocycles. The number of likely N-dealkylation sites (N-methyl/N-ethyl adjacent to an activating group) is 1. The lowest BCUT2D eigenvalue weighted by atomic mass is 9.95. The van der Waals surface area contributed by atoms with Crippen LogP contribution in [0.2, 0.25) is 0 Å². The number of carbonyl (C=O) groups excluding carboxylic acids is 1. The summed E-state index contributed by atoms with van der Waals surface area (Å²) in [5, 5.41) is 5.57. The Balaban J connectivity index is 1.52. The van der Waals surface area contributed by atoms with Gasteiger partial charge in [0.05, 0.1) is 5.41 Å². The molecule has 126 valence electrons. The van der Waals surface area contributed by atoms with Gasteiger partial charge in [0, 0.05) is 51.2 Å². The van der Waals surface area contributed by atoms with Gasteiger partial charge in [-0.25, -0.2) is 4.79 Å². The minimum atomic E-state index is -4.20. The molecule has 2 saturated heterocycles. The van der Waals surface area contributed by atoms with Crippen LogP contribution in [0, 0.1) is 10.8 Å². The fourth-order valence-corrected chi connectivity index (χ4v) is 3.95. The van der Waals surface area contributed by atoms with Gasteiger partial charge in [-0.15, -0.1) is 0 Å². The van der Waals surface area contributed by atoms with Gasteiger partial charge in [0.1, 0.15) is 0 Å². The zero-order valence-electron chi connectivity index (χ0n) is 12.8. The largest absolute Gasteiger partial charge is 0.396 e. The van der Waals surface area contributed by atoms with Gasteiger partial charge in [-0.05, 0) is 13.0 Å². The quantitative estimate of drug-likeness (QED) is 0.811. The summed E-state index contributed by atoms with van der Waals surface area (Å²) in [6.45, 7) is 6.35. The number of fused-ring (bicyclic) bond motifs is 1. The zero-order valence-corrected chi connectivity index (χ0v) is 12.8. The number of halogens is 3. The second-order valence-electron chi connectivity index (χ2n) is 6.72. The highest BCUT2D eigenvalue weighted by Gasteiger charge is 2.81. The Bertz CT molecular complexity index is 450. The maximum absolute atomic E-state index is 13.2. The second kappa shape index (κ2) is 5.26. The van der Waals surface area contributed by atoms with Crippen LogP contribution in [0.25, 0.3) is 0 Å². The van der Waals surface area contributed by atoms with Crippen molar-refractivity contribution < 1.29 is 18.0 Å². The molecule has 0 spiro atoms. The van der Waals surface area contributed by atoms with E-state index in [2.05, 4.69) is 22.5 Å². The van der Waals surface area contributed by atoms with E-state index in [-0.39, 0.29) is 25.5 Å². The third kappa shape index (κ3) is 2.36. The Morgan fingerprint density at radius 1 is 1.23 bits per heavy atom. The van der Waals surface area contributed by atoms with Gasteiger partial charge in [0.15, 0.2) is 0 Å². The molecule has 0 aromatic rings. The molecule has 0 bridgehead atoms. The van der Waals surface area contributed by atoms with Crippen molar-refractivity contribution in [2.24, 2.45) is 10.8 Å². The van der Waals surface area contributed by atoms with E-state index in [1.165, 1.54) is 0 Å². The summed E-state index contributed by atoms with van der Waals surface area (Å²) in [6.07, 6.45) is -4.08. The summed E-state index contributed by atoms with van der Waals surface area (Å²) in [5.41, 5.74) is -2.47. The predicted octanol–water partition coefficient (Wildman–Crippen LogP) is 0.875.